The molecule has 0 aromatic carbocycles. The van der Waals surface area contributed by atoms with Gasteiger partial charge in [0.05, 0.1) is 12.1 Å². The molecule has 7 heteroatoms. The van der Waals surface area contributed by atoms with Crippen molar-refractivity contribution in [3.8, 4) is 0 Å². The summed E-state index contributed by atoms with van der Waals surface area (Å²) >= 11 is 1.18. The minimum Gasteiger partial charge on any atom is -0.382 e. The Labute approximate surface area is 109 Å². The molecule has 0 spiro atoms. The van der Waals surface area contributed by atoms with Crippen molar-refractivity contribution < 1.29 is 9.53 Å². The summed E-state index contributed by atoms with van der Waals surface area (Å²) in [5.74, 6) is 0.329. The van der Waals surface area contributed by atoms with Crippen molar-refractivity contribution in [2.45, 2.75) is 31.4 Å². The summed E-state index contributed by atoms with van der Waals surface area (Å²) in [5.41, 5.74) is 11.3. The Kier molecular flexibility index (Phi) is 2.87. The number of hydrogen-bond donors (Lipinski definition) is 3. The third kappa shape index (κ3) is 2.04. The van der Waals surface area contributed by atoms with Crippen molar-refractivity contribution in [2.24, 2.45) is 11.7 Å². The lowest BCUT2D eigenvalue weighted by atomic mass is 10.1. The van der Waals surface area contributed by atoms with E-state index >= 15 is 0 Å². The molecular formula is C11H16N4O2S. The number of carbonyl (C=O) groups excluding carboxylic acids is 1. The van der Waals surface area contributed by atoms with Crippen LogP contribution in [0.2, 0.25) is 0 Å². The molecule has 1 aliphatic heterocycles. The van der Waals surface area contributed by atoms with Crippen LogP contribution < -0.4 is 16.8 Å². The van der Waals surface area contributed by atoms with Crippen LogP contribution in [0.3, 0.4) is 0 Å². The molecule has 1 saturated carbocycles. The van der Waals surface area contributed by atoms with E-state index in [0.717, 1.165) is 13.0 Å². The van der Waals surface area contributed by atoms with E-state index in [0.29, 0.717) is 16.5 Å². The van der Waals surface area contributed by atoms with Crippen LogP contribution in [0.1, 0.15) is 29.6 Å². The molecule has 2 aliphatic rings. The van der Waals surface area contributed by atoms with Gasteiger partial charge in [-0.3, -0.25) is 4.79 Å². The number of aromatic nitrogens is 1. The minimum absolute atomic E-state index is 0.205. The first-order valence-electron chi connectivity index (χ1n) is 6.10. The number of primary amides is 1. The molecule has 1 aliphatic carbocycles. The molecule has 0 bridgehead atoms. The fraction of sp³-hybridized carbons (Fsp3) is 0.636. The van der Waals surface area contributed by atoms with Crippen molar-refractivity contribution in [3.63, 3.8) is 0 Å². The third-order valence-electron chi connectivity index (χ3n) is 3.50. The quantitative estimate of drug-likeness (QED) is 0.749. The summed E-state index contributed by atoms with van der Waals surface area (Å²) in [5, 5.41) is 4.00. The number of carbonyl (C=O) groups is 1. The molecule has 98 valence electrons. The van der Waals surface area contributed by atoms with Crippen LogP contribution in [0.15, 0.2) is 0 Å². The topological polar surface area (TPSA) is 103 Å². The fourth-order valence-corrected chi connectivity index (χ4v) is 3.24. The van der Waals surface area contributed by atoms with Gasteiger partial charge >= 0.3 is 0 Å². The minimum atomic E-state index is -0.536. The predicted molar refractivity (Wildman–Crippen MR) is 69.5 cm³/mol. The monoisotopic (exact) mass is 268 g/mol. The van der Waals surface area contributed by atoms with Gasteiger partial charge in [-0.25, -0.2) is 0 Å². The number of nitrogens with two attached hydrogens (primary N) is 2. The van der Waals surface area contributed by atoms with Gasteiger partial charge in [-0.1, -0.05) is 0 Å². The molecule has 5 N–H and O–H groups in total. The molecule has 0 radical (unpaired) electrons. The zero-order chi connectivity index (χ0) is 12.7. The van der Waals surface area contributed by atoms with Gasteiger partial charge in [-0.15, -0.1) is 0 Å². The summed E-state index contributed by atoms with van der Waals surface area (Å²) < 4.78 is 9.72. The fourth-order valence-electron chi connectivity index (χ4n) is 2.46. The number of anilines is 2. The molecule has 18 heavy (non-hydrogen) atoms. The van der Waals surface area contributed by atoms with E-state index in [4.69, 9.17) is 16.2 Å². The second-order valence-electron chi connectivity index (χ2n) is 4.85. The highest BCUT2D eigenvalue weighted by molar-refractivity contribution is 7.11. The molecule has 2 unspecified atom stereocenters. The van der Waals surface area contributed by atoms with E-state index in [2.05, 4.69) is 9.69 Å². The van der Waals surface area contributed by atoms with Crippen LogP contribution in [-0.2, 0) is 4.74 Å². The first kappa shape index (κ1) is 11.7. The molecule has 1 aromatic rings. The van der Waals surface area contributed by atoms with Crippen LogP contribution in [0.5, 0.6) is 0 Å². The van der Waals surface area contributed by atoms with Crippen LogP contribution in [0, 0.1) is 5.92 Å². The van der Waals surface area contributed by atoms with Crippen molar-refractivity contribution in [3.05, 3.63) is 5.56 Å². The molecule has 1 saturated heterocycles. The van der Waals surface area contributed by atoms with Gasteiger partial charge in [-0.05, 0) is 36.7 Å². The van der Waals surface area contributed by atoms with Crippen molar-refractivity contribution in [1.82, 2.24) is 4.37 Å². The van der Waals surface area contributed by atoms with Crippen molar-refractivity contribution in [2.75, 3.05) is 17.7 Å². The zero-order valence-electron chi connectivity index (χ0n) is 9.89. The van der Waals surface area contributed by atoms with Gasteiger partial charge in [0, 0.05) is 6.61 Å². The van der Waals surface area contributed by atoms with Crippen LogP contribution >= 0.6 is 11.5 Å². The molecule has 2 heterocycles. The van der Waals surface area contributed by atoms with Gasteiger partial charge in [0.15, 0.2) is 5.82 Å². The van der Waals surface area contributed by atoms with E-state index < -0.39 is 5.91 Å². The van der Waals surface area contributed by atoms with Crippen LogP contribution in [0.4, 0.5) is 10.8 Å². The second kappa shape index (κ2) is 4.40. The average molecular weight is 268 g/mol. The van der Waals surface area contributed by atoms with Gasteiger partial charge in [0.25, 0.3) is 5.91 Å². The number of nitrogens with zero attached hydrogens (tertiary/aromatic N) is 1. The second-order valence-corrected chi connectivity index (χ2v) is 5.62. The highest BCUT2D eigenvalue weighted by Crippen LogP contribution is 2.40. The Morgan fingerprint density at radius 3 is 2.89 bits per heavy atom. The van der Waals surface area contributed by atoms with Gasteiger partial charge < -0.3 is 21.5 Å². The predicted octanol–water partition coefficient (Wildman–Crippen LogP) is 0.804. The number of rotatable bonds is 4. The number of ether oxygens (including phenoxy) is 1. The average Bonchev–Trinajstić information content (AvgIpc) is 2.95. The SMILES string of the molecule is NC(=O)c1c(N)nsc1NC1CCOC1C1CC1. The van der Waals surface area contributed by atoms with E-state index in [1.54, 1.807) is 0 Å². The van der Waals surface area contributed by atoms with E-state index in [1.165, 1.54) is 24.4 Å². The van der Waals surface area contributed by atoms with E-state index in [-0.39, 0.29) is 18.0 Å². The summed E-state index contributed by atoms with van der Waals surface area (Å²) in [7, 11) is 0. The lowest BCUT2D eigenvalue weighted by Crippen LogP contribution is -2.31. The van der Waals surface area contributed by atoms with Crippen LogP contribution in [-0.4, -0.2) is 29.0 Å². The smallest absolute Gasteiger partial charge is 0.255 e. The number of amides is 1. The maximum atomic E-state index is 11.3. The van der Waals surface area contributed by atoms with Gasteiger partial charge in [-0.2, -0.15) is 4.37 Å². The Morgan fingerprint density at radius 2 is 2.22 bits per heavy atom. The highest BCUT2D eigenvalue weighted by Gasteiger charge is 2.41. The number of hydrogen-bond acceptors (Lipinski definition) is 6. The number of nitrogens with one attached hydrogen (secondary N) is 1. The Hall–Kier alpha value is -1.34. The Morgan fingerprint density at radius 1 is 1.44 bits per heavy atom. The first-order chi connectivity index (χ1) is 8.66. The zero-order valence-corrected chi connectivity index (χ0v) is 10.7. The van der Waals surface area contributed by atoms with E-state index in [1.807, 2.05) is 0 Å². The summed E-state index contributed by atoms with van der Waals surface area (Å²) in [6.07, 6.45) is 3.65. The summed E-state index contributed by atoms with van der Waals surface area (Å²) in [4.78, 5) is 11.3. The van der Waals surface area contributed by atoms with Gasteiger partial charge in [0.2, 0.25) is 0 Å². The Bertz CT molecular complexity index is 472. The maximum absolute atomic E-state index is 11.3. The first-order valence-corrected chi connectivity index (χ1v) is 6.87. The normalized spacial score (nSPS) is 27.3. The Balaban J connectivity index is 1.77. The summed E-state index contributed by atoms with van der Waals surface area (Å²) in [6, 6.07) is 0.232. The molecule has 3 rings (SSSR count). The number of nitrogen functional groups attached to an aromatic ring is 1. The van der Waals surface area contributed by atoms with Crippen molar-refractivity contribution >= 4 is 28.3 Å². The molecule has 2 fully saturated rings. The largest absolute Gasteiger partial charge is 0.382 e. The molecular weight excluding hydrogens is 252 g/mol. The molecule has 1 amide bonds. The summed E-state index contributed by atoms with van der Waals surface area (Å²) in [6.45, 7) is 0.763. The maximum Gasteiger partial charge on any atom is 0.255 e. The highest BCUT2D eigenvalue weighted by atomic mass is 32.1. The third-order valence-corrected chi connectivity index (χ3v) is 4.30. The molecule has 2 atom stereocenters. The standard InChI is InChI=1S/C11H16N4O2S/c12-9-7(10(13)16)11(18-15-9)14-6-3-4-17-8(6)5-1-2-5/h5-6,8,14H,1-4H2,(H2,12,15)(H2,13,16). The molecule has 6 nitrogen and oxygen atoms in total. The lowest BCUT2D eigenvalue weighted by Gasteiger charge is -2.19. The molecule has 1 aromatic heterocycles. The van der Waals surface area contributed by atoms with E-state index in [9.17, 15) is 4.79 Å². The van der Waals surface area contributed by atoms with Gasteiger partial charge in [0.1, 0.15) is 10.6 Å². The van der Waals surface area contributed by atoms with Crippen molar-refractivity contribution in [1.29, 1.82) is 0 Å². The van der Waals surface area contributed by atoms with Crippen LogP contribution in [0.25, 0.3) is 0 Å². The lowest BCUT2D eigenvalue weighted by molar-refractivity contribution is 0.0898.